The molecule has 1 N–H and O–H groups in total. The van der Waals surface area contributed by atoms with E-state index in [9.17, 15) is 5.11 Å². The van der Waals surface area contributed by atoms with Gasteiger partial charge in [-0.05, 0) is 43.4 Å². The van der Waals surface area contributed by atoms with Crippen molar-refractivity contribution in [2.75, 3.05) is 14.2 Å². The van der Waals surface area contributed by atoms with Crippen LogP contribution in [0.1, 0.15) is 51.2 Å². The Morgan fingerprint density at radius 1 is 1.17 bits per heavy atom. The predicted octanol–water partition coefficient (Wildman–Crippen LogP) is 3.72. The summed E-state index contributed by atoms with van der Waals surface area (Å²) in [7, 11) is 3.27. The highest BCUT2D eigenvalue weighted by Crippen LogP contribution is 2.48. The molecular weight excluding hydrogens is 292 g/mol. The van der Waals surface area contributed by atoms with Gasteiger partial charge in [0, 0.05) is 12.3 Å². The summed E-state index contributed by atoms with van der Waals surface area (Å²) in [5, 5.41) is 11.0. The highest BCUT2D eigenvalue weighted by molar-refractivity contribution is 5.43. The van der Waals surface area contributed by atoms with E-state index in [1.807, 2.05) is 25.1 Å². The van der Waals surface area contributed by atoms with E-state index in [2.05, 4.69) is 6.92 Å². The van der Waals surface area contributed by atoms with Crippen molar-refractivity contribution in [2.45, 2.75) is 57.3 Å². The van der Waals surface area contributed by atoms with Gasteiger partial charge in [0.05, 0.1) is 32.0 Å². The lowest BCUT2D eigenvalue weighted by atomic mass is 9.68. The minimum Gasteiger partial charge on any atom is -0.493 e. The standard InChI is InChI=1S/C19H28O4/c1-12-5-7-14-16(9-12)23-18(11-19(14,2)20)13-6-8-15(21-3)17(10-13)22-4/h6,8,10,12,14,16,18,20H,5,7,9,11H2,1-4H3/t12-,14-,16-,18-,19?/m1/s1. The number of fused-ring (bicyclic) bond motifs is 1. The van der Waals surface area contributed by atoms with Crippen LogP contribution in [0, 0.1) is 11.8 Å². The molecule has 5 atom stereocenters. The first-order valence-electron chi connectivity index (χ1n) is 8.54. The van der Waals surface area contributed by atoms with Gasteiger partial charge in [0.15, 0.2) is 11.5 Å². The second-order valence-electron chi connectivity index (χ2n) is 7.36. The lowest BCUT2D eigenvalue weighted by molar-refractivity contribution is -0.197. The van der Waals surface area contributed by atoms with Gasteiger partial charge in [-0.3, -0.25) is 0 Å². The minimum atomic E-state index is -0.680. The molecular formula is C19H28O4. The number of aliphatic hydroxyl groups is 1. The van der Waals surface area contributed by atoms with E-state index in [4.69, 9.17) is 14.2 Å². The summed E-state index contributed by atoms with van der Waals surface area (Å²) in [6.45, 7) is 4.24. The molecule has 1 saturated carbocycles. The molecule has 1 aliphatic carbocycles. The SMILES string of the molecule is COc1ccc([C@H]2CC(C)(O)[C@@H]3CC[C@@H](C)C[C@H]3O2)cc1OC. The summed E-state index contributed by atoms with van der Waals surface area (Å²) < 4.78 is 17.1. The molecule has 0 aromatic heterocycles. The van der Waals surface area contributed by atoms with Crippen LogP contribution < -0.4 is 9.47 Å². The molecule has 4 heteroatoms. The summed E-state index contributed by atoms with van der Waals surface area (Å²) in [5.74, 6) is 2.32. The molecule has 1 aromatic carbocycles. The topological polar surface area (TPSA) is 47.9 Å². The first-order valence-corrected chi connectivity index (χ1v) is 8.54. The molecule has 2 fully saturated rings. The number of methoxy groups -OCH3 is 2. The molecule has 1 heterocycles. The molecule has 0 amide bonds. The van der Waals surface area contributed by atoms with Gasteiger partial charge in [0.2, 0.25) is 0 Å². The van der Waals surface area contributed by atoms with Gasteiger partial charge in [-0.15, -0.1) is 0 Å². The van der Waals surface area contributed by atoms with E-state index in [0.717, 1.165) is 18.4 Å². The van der Waals surface area contributed by atoms with Crippen molar-refractivity contribution in [1.29, 1.82) is 0 Å². The number of ether oxygens (including phenoxy) is 3. The number of hydrogen-bond donors (Lipinski definition) is 1. The summed E-state index contributed by atoms with van der Waals surface area (Å²) >= 11 is 0. The van der Waals surface area contributed by atoms with Crippen LogP contribution in [-0.2, 0) is 4.74 Å². The minimum absolute atomic E-state index is 0.101. The van der Waals surface area contributed by atoms with Crippen molar-refractivity contribution in [3.05, 3.63) is 23.8 Å². The second kappa shape index (κ2) is 6.33. The lowest BCUT2D eigenvalue weighted by Crippen LogP contribution is -2.51. The fraction of sp³-hybridized carbons (Fsp3) is 0.684. The lowest BCUT2D eigenvalue weighted by Gasteiger charge is -2.49. The van der Waals surface area contributed by atoms with Gasteiger partial charge < -0.3 is 19.3 Å². The number of rotatable bonds is 3. The van der Waals surface area contributed by atoms with Gasteiger partial charge in [0.1, 0.15) is 0 Å². The highest BCUT2D eigenvalue weighted by atomic mass is 16.5. The zero-order valence-electron chi connectivity index (χ0n) is 14.5. The van der Waals surface area contributed by atoms with Gasteiger partial charge in [-0.1, -0.05) is 19.4 Å². The largest absolute Gasteiger partial charge is 0.493 e. The molecule has 0 spiro atoms. The van der Waals surface area contributed by atoms with E-state index >= 15 is 0 Å². The molecule has 23 heavy (non-hydrogen) atoms. The first-order chi connectivity index (χ1) is 10.9. The summed E-state index contributed by atoms with van der Waals surface area (Å²) in [5.41, 5.74) is 0.362. The third-order valence-electron chi connectivity index (χ3n) is 5.57. The Balaban J connectivity index is 1.86. The van der Waals surface area contributed by atoms with Gasteiger partial charge in [0.25, 0.3) is 0 Å². The average molecular weight is 320 g/mol. The van der Waals surface area contributed by atoms with Crippen LogP contribution in [0.4, 0.5) is 0 Å². The average Bonchev–Trinajstić information content (AvgIpc) is 2.52. The molecule has 2 aliphatic rings. The summed E-state index contributed by atoms with van der Waals surface area (Å²) in [6, 6.07) is 5.88. The highest BCUT2D eigenvalue weighted by Gasteiger charge is 2.47. The quantitative estimate of drug-likeness (QED) is 0.922. The Morgan fingerprint density at radius 2 is 1.91 bits per heavy atom. The third-order valence-corrected chi connectivity index (χ3v) is 5.57. The Bertz CT molecular complexity index is 554. The zero-order chi connectivity index (χ0) is 16.6. The first kappa shape index (κ1) is 16.6. The Morgan fingerprint density at radius 3 is 2.61 bits per heavy atom. The van der Waals surface area contributed by atoms with Crippen molar-refractivity contribution >= 4 is 0 Å². The van der Waals surface area contributed by atoms with Crippen LogP contribution in [0.2, 0.25) is 0 Å². The fourth-order valence-electron chi connectivity index (χ4n) is 4.23. The molecule has 4 nitrogen and oxygen atoms in total. The van der Waals surface area contributed by atoms with E-state index < -0.39 is 5.60 Å². The Hall–Kier alpha value is -1.26. The Kier molecular flexibility index (Phi) is 4.56. The maximum Gasteiger partial charge on any atom is 0.161 e. The fourth-order valence-corrected chi connectivity index (χ4v) is 4.23. The summed E-state index contributed by atoms with van der Waals surface area (Å²) in [4.78, 5) is 0. The van der Waals surface area contributed by atoms with Crippen LogP contribution in [0.5, 0.6) is 11.5 Å². The molecule has 1 unspecified atom stereocenters. The molecule has 1 aromatic rings. The second-order valence-corrected chi connectivity index (χ2v) is 7.36. The Labute approximate surface area is 138 Å². The molecule has 1 aliphatic heterocycles. The van der Waals surface area contributed by atoms with Crippen LogP contribution >= 0.6 is 0 Å². The monoisotopic (exact) mass is 320 g/mol. The maximum atomic E-state index is 11.0. The smallest absolute Gasteiger partial charge is 0.161 e. The van der Waals surface area contributed by atoms with Crippen molar-refractivity contribution in [2.24, 2.45) is 11.8 Å². The molecule has 1 saturated heterocycles. The van der Waals surface area contributed by atoms with Crippen molar-refractivity contribution in [1.82, 2.24) is 0 Å². The van der Waals surface area contributed by atoms with E-state index in [1.165, 1.54) is 6.42 Å². The van der Waals surface area contributed by atoms with Crippen LogP contribution in [-0.4, -0.2) is 31.0 Å². The predicted molar refractivity (Wildman–Crippen MR) is 88.9 cm³/mol. The van der Waals surface area contributed by atoms with Gasteiger partial charge >= 0.3 is 0 Å². The van der Waals surface area contributed by atoms with Gasteiger partial charge in [-0.2, -0.15) is 0 Å². The van der Waals surface area contributed by atoms with Crippen LogP contribution in [0.3, 0.4) is 0 Å². The number of benzene rings is 1. The van der Waals surface area contributed by atoms with E-state index in [1.54, 1.807) is 14.2 Å². The molecule has 0 bridgehead atoms. The van der Waals surface area contributed by atoms with Crippen LogP contribution in [0.25, 0.3) is 0 Å². The van der Waals surface area contributed by atoms with Crippen molar-refractivity contribution < 1.29 is 19.3 Å². The maximum absolute atomic E-state index is 11.0. The van der Waals surface area contributed by atoms with E-state index in [0.29, 0.717) is 23.8 Å². The molecule has 3 rings (SSSR count). The zero-order valence-corrected chi connectivity index (χ0v) is 14.5. The van der Waals surface area contributed by atoms with Gasteiger partial charge in [-0.25, -0.2) is 0 Å². The summed E-state index contributed by atoms with van der Waals surface area (Å²) in [6.07, 6.45) is 3.93. The molecule has 0 radical (unpaired) electrons. The third kappa shape index (κ3) is 3.20. The van der Waals surface area contributed by atoms with E-state index in [-0.39, 0.29) is 18.1 Å². The normalized spacial score (nSPS) is 37.1. The van der Waals surface area contributed by atoms with Crippen molar-refractivity contribution in [3.63, 3.8) is 0 Å². The molecule has 128 valence electrons. The van der Waals surface area contributed by atoms with Crippen molar-refractivity contribution in [3.8, 4) is 11.5 Å². The van der Waals surface area contributed by atoms with Crippen LogP contribution in [0.15, 0.2) is 18.2 Å². The number of hydrogen-bond acceptors (Lipinski definition) is 4.